The average Bonchev–Trinajstić information content (AvgIpc) is 2.73. The van der Waals surface area contributed by atoms with E-state index >= 15 is 0 Å². The van der Waals surface area contributed by atoms with Crippen LogP contribution in [0.25, 0.3) is 0 Å². The number of ketones is 1. The summed E-state index contributed by atoms with van der Waals surface area (Å²) in [6, 6.07) is 16.9. The summed E-state index contributed by atoms with van der Waals surface area (Å²) in [6.07, 6.45) is -5.91. The van der Waals surface area contributed by atoms with Crippen LogP contribution in [-0.4, -0.2) is 17.9 Å². The number of nitrogens with one attached hydrogen (secondary N) is 2. The molecule has 154 valence electrons. The molecule has 30 heavy (non-hydrogen) atoms. The van der Waals surface area contributed by atoms with Crippen LogP contribution >= 0.6 is 0 Å². The summed E-state index contributed by atoms with van der Waals surface area (Å²) in [5.41, 5.74) is -0.559. The van der Waals surface area contributed by atoms with E-state index in [1.165, 1.54) is 36.4 Å². The lowest BCUT2D eigenvalue weighted by atomic mass is 10.1. The van der Waals surface area contributed by atoms with Crippen molar-refractivity contribution in [2.75, 3.05) is 5.32 Å². The number of hydrogen-bond donors (Lipinski definition) is 2. The zero-order chi connectivity index (χ0) is 21.7. The van der Waals surface area contributed by atoms with Gasteiger partial charge in [-0.3, -0.25) is 9.59 Å². The van der Waals surface area contributed by atoms with Crippen molar-refractivity contribution < 1.29 is 27.2 Å². The standard InChI is InChI=1S/C22H16F4N2O2/c23-17-11-9-15(10-12-17)21(30)28-20(19(29)14-5-2-1-3-6-14)27-18-8-4-7-16(13-18)22(24,25)26/h1-13,20,27H,(H,28,30)/t20-/m0/s1. The molecule has 0 aromatic heterocycles. The molecule has 8 heteroatoms. The first-order chi connectivity index (χ1) is 14.2. The highest BCUT2D eigenvalue weighted by Gasteiger charge is 2.31. The van der Waals surface area contributed by atoms with Gasteiger partial charge in [0.05, 0.1) is 5.56 Å². The van der Waals surface area contributed by atoms with Gasteiger partial charge in [-0.2, -0.15) is 13.2 Å². The van der Waals surface area contributed by atoms with Crippen LogP contribution in [0.5, 0.6) is 0 Å². The molecule has 1 amide bonds. The van der Waals surface area contributed by atoms with Crippen LogP contribution in [-0.2, 0) is 6.18 Å². The first-order valence-electron chi connectivity index (χ1n) is 8.83. The highest BCUT2D eigenvalue weighted by atomic mass is 19.4. The first kappa shape index (κ1) is 21.0. The summed E-state index contributed by atoms with van der Waals surface area (Å²) in [7, 11) is 0. The second kappa shape index (κ2) is 8.77. The fraction of sp³-hybridized carbons (Fsp3) is 0.0909. The quantitative estimate of drug-likeness (QED) is 0.342. The minimum atomic E-state index is -4.56. The van der Waals surface area contributed by atoms with E-state index in [-0.39, 0.29) is 16.8 Å². The van der Waals surface area contributed by atoms with E-state index in [4.69, 9.17) is 0 Å². The second-order valence-corrected chi connectivity index (χ2v) is 6.37. The monoisotopic (exact) mass is 416 g/mol. The maximum atomic E-state index is 13.1. The summed E-state index contributed by atoms with van der Waals surface area (Å²) in [5, 5.41) is 5.10. The van der Waals surface area contributed by atoms with E-state index in [0.717, 1.165) is 24.3 Å². The number of halogens is 4. The normalized spacial score (nSPS) is 12.1. The summed E-state index contributed by atoms with van der Waals surface area (Å²) < 4.78 is 52.1. The molecular formula is C22H16F4N2O2. The van der Waals surface area contributed by atoms with Gasteiger partial charge in [-0.25, -0.2) is 4.39 Å². The lowest BCUT2D eigenvalue weighted by Gasteiger charge is -2.21. The molecule has 0 saturated carbocycles. The first-order valence-corrected chi connectivity index (χ1v) is 8.83. The Morgan fingerprint density at radius 3 is 2.10 bits per heavy atom. The van der Waals surface area contributed by atoms with Gasteiger partial charge >= 0.3 is 6.18 Å². The number of hydrogen-bond acceptors (Lipinski definition) is 3. The van der Waals surface area contributed by atoms with E-state index in [1.54, 1.807) is 18.2 Å². The largest absolute Gasteiger partial charge is 0.416 e. The van der Waals surface area contributed by atoms with Gasteiger partial charge in [0.2, 0.25) is 5.78 Å². The van der Waals surface area contributed by atoms with Gasteiger partial charge in [0, 0.05) is 16.8 Å². The number of carbonyl (C=O) groups is 2. The maximum absolute atomic E-state index is 13.1. The Labute approximate surface area is 169 Å². The number of alkyl halides is 3. The molecule has 0 aliphatic carbocycles. The molecule has 0 fully saturated rings. The summed E-state index contributed by atoms with van der Waals surface area (Å²) >= 11 is 0. The number of amides is 1. The molecule has 3 aromatic rings. The maximum Gasteiger partial charge on any atom is 0.416 e. The minimum Gasteiger partial charge on any atom is -0.359 e. The summed E-state index contributed by atoms with van der Waals surface area (Å²) in [4.78, 5) is 25.4. The molecule has 0 spiro atoms. The van der Waals surface area contributed by atoms with Gasteiger partial charge in [-0.1, -0.05) is 36.4 Å². The molecule has 1 atom stereocenters. The van der Waals surface area contributed by atoms with Crippen molar-refractivity contribution in [3.05, 3.63) is 101 Å². The van der Waals surface area contributed by atoms with E-state index in [1.807, 2.05) is 0 Å². The fourth-order valence-corrected chi connectivity index (χ4v) is 2.70. The van der Waals surface area contributed by atoms with Crippen molar-refractivity contribution in [3.8, 4) is 0 Å². The minimum absolute atomic E-state index is 0.00138. The third-order valence-corrected chi connectivity index (χ3v) is 4.20. The van der Waals surface area contributed by atoms with Gasteiger partial charge in [0.1, 0.15) is 5.82 Å². The van der Waals surface area contributed by atoms with Gasteiger partial charge < -0.3 is 10.6 Å². The summed E-state index contributed by atoms with van der Waals surface area (Å²) in [5.74, 6) is -1.78. The van der Waals surface area contributed by atoms with Crippen LogP contribution in [0, 0.1) is 5.82 Å². The van der Waals surface area contributed by atoms with Gasteiger partial charge in [0.25, 0.3) is 5.91 Å². The predicted molar refractivity (Wildman–Crippen MR) is 103 cm³/mol. The van der Waals surface area contributed by atoms with Crippen LogP contribution < -0.4 is 10.6 Å². The van der Waals surface area contributed by atoms with E-state index in [9.17, 15) is 27.2 Å². The Morgan fingerprint density at radius 1 is 0.800 bits per heavy atom. The van der Waals surface area contributed by atoms with Crippen molar-refractivity contribution in [3.63, 3.8) is 0 Å². The number of benzene rings is 3. The molecule has 4 nitrogen and oxygen atoms in total. The van der Waals surface area contributed by atoms with Crippen LogP contribution in [0.1, 0.15) is 26.3 Å². The Bertz CT molecular complexity index is 1040. The highest BCUT2D eigenvalue weighted by Crippen LogP contribution is 2.30. The lowest BCUT2D eigenvalue weighted by Crippen LogP contribution is -2.46. The van der Waals surface area contributed by atoms with Crippen molar-refractivity contribution in [1.29, 1.82) is 0 Å². The number of carbonyl (C=O) groups excluding carboxylic acids is 2. The van der Waals surface area contributed by atoms with Crippen LogP contribution in [0.15, 0.2) is 78.9 Å². The summed E-state index contributed by atoms with van der Waals surface area (Å²) in [6.45, 7) is 0. The molecule has 0 radical (unpaired) electrons. The van der Waals surface area contributed by atoms with E-state index < -0.39 is 35.4 Å². The predicted octanol–water partition coefficient (Wildman–Crippen LogP) is 4.90. The third-order valence-electron chi connectivity index (χ3n) is 4.20. The molecule has 0 unspecified atom stereocenters. The van der Waals surface area contributed by atoms with Crippen molar-refractivity contribution in [2.45, 2.75) is 12.3 Å². The number of rotatable bonds is 6. The Morgan fingerprint density at radius 2 is 1.47 bits per heavy atom. The second-order valence-electron chi connectivity index (χ2n) is 6.37. The molecule has 3 rings (SSSR count). The number of anilines is 1. The topological polar surface area (TPSA) is 58.2 Å². The average molecular weight is 416 g/mol. The van der Waals surface area contributed by atoms with Crippen molar-refractivity contribution in [2.24, 2.45) is 0 Å². The number of Topliss-reactive ketones (excluding diaryl/α,β-unsaturated/α-hetero) is 1. The fourth-order valence-electron chi connectivity index (χ4n) is 2.70. The zero-order valence-corrected chi connectivity index (χ0v) is 15.4. The lowest BCUT2D eigenvalue weighted by molar-refractivity contribution is -0.137. The highest BCUT2D eigenvalue weighted by molar-refractivity contribution is 6.05. The molecule has 0 heterocycles. The molecule has 3 aromatic carbocycles. The zero-order valence-electron chi connectivity index (χ0n) is 15.4. The van der Waals surface area contributed by atoms with Crippen LogP contribution in [0.3, 0.4) is 0 Å². The molecule has 0 bridgehead atoms. The Balaban J connectivity index is 1.89. The van der Waals surface area contributed by atoms with Gasteiger partial charge in [-0.15, -0.1) is 0 Å². The van der Waals surface area contributed by atoms with Crippen LogP contribution in [0.4, 0.5) is 23.2 Å². The van der Waals surface area contributed by atoms with Crippen LogP contribution in [0.2, 0.25) is 0 Å². The molecule has 0 aliphatic heterocycles. The third kappa shape index (κ3) is 5.22. The van der Waals surface area contributed by atoms with E-state index in [2.05, 4.69) is 10.6 Å². The molecular weight excluding hydrogens is 400 g/mol. The van der Waals surface area contributed by atoms with Crippen molar-refractivity contribution in [1.82, 2.24) is 5.32 Å². The molecule has 0 saturated heterocycles. The Hall–Kier alpha value is -3.68. The van der Waals surface area contributed by atoms with E-state index in [0.29, 0.717) is 0 Å². The molecule has 2 N–H and O–H groups in total. The van der Waals surface area contributed by atoms with Gasteiger partial charge in [0.15, 0.2) is 6.17 Å². The van der Waals surface area contributed by atoms with Crippen molar-refractivity contribution >= 4 is 17.4 Å². The Kier molecular flexibility index (Phi) is 6.15. The van der Waals surface area contributed by atoms with Gasteiger partial charge in [-0.05, 0) is 42.5 Å². The smallest absolute Gasteiger partial charge is 0.359 e. The molecule has 0 aliphatic rings. The SMILES string of the molecule is O=C(N[C@H](Nc1cccc(C(F)(F)F)c1)C(=O)c1ccccc1)c1ccc(F)cc1.